The van der Waals surface area contributed by atoms with Crippen molar-refractivity contribution in [3.63, 3.8) is 0 Å². The van der Waals surface area contributed by atoms with E-state index in [2.05, 4.69) is 15.3 Å². The zero-order chi connectivity index (χ0) is 21.0. The predicted molar refractivity (Wildman–Crippen MR) is 110 cm³/mol. The smallest absolute Gasteiger partial charge is 0.407 e. The highest BCUT2D eigenvalue weighted by Gasteiger charge is 2.23. The number of anilines is 3. The highest BCUT2D eigenvalue weighted by atomic mass is 32.2. The first kappa shape index (κ1) is 20.8. The Morgan fingerprint density at radius 3 is 2.48 bits per heavy atom. The van der Waals surface area contributed by atoms with E-state index in [4.69, 9.17) is 5.11 Å². The lowest BCUT2D eigenvalue weighted by Gasteiger charge is -2.32. The first-order chi connectivity index (χ1) is 13.7. The molecule has 2 aromatic rings. The minimum Gasteiger partial charge on any atom is -0.465 e. The van der Waals surface area contributed by atoms with Crippen LogP contribution in [0, 0.1) is 5.92 Å². The summed E-state index contributed by atoms with van der Waals surface area (Å²) >= 11 is 0. The van der Waals surface area contributed by atoms with E-state index in [1.165, 1.54) is 17.5 Å². The minimum absolute atomic E-state index is 0.264. The molecular formula is C19H25N5O4S. The molecule has 1 aromatic carbocycles. The molecule has 1 amide bonds. The maximum atomic E-state index is 11.6. The van der Waals surface area contributed by atoms with Gasteiger partial charge in [-0.15, -0.1) is 0 Å². The third-order valence-electron chi connectivity index (χ3n) is 5.02. The maximum Gasteiger partial charge on any atom is 0.407 e. The Hall–Kier alpha value is -2.88. The van der Waals surface area contributed by atoms with Crippen molar-refractivity contribution >= 4 is 33.3 Å². The number of rotatable bonds is 6. The number of hydrogen-bond acceptors (Lipinski definition) is 7. The van der Waals surface area contributed by atoms with Crippen LogP contribution in [0.4, 0.5) is 22.1 Å². The van der Waals surface area contributed by atoms with Gasteiger partial charge in [0.25, 0.3) is 0 Å². The van der Waals surface area contributed by atoms with Crippen molar-refractivity contribution in [2.75, 3.05) is 43.2 Å². The van der Waals surface area contributed by atoms with Crippen molar-refractivity contribution in [1.82, 2.24) is 14.9 Å². The molecule has 0 bridgehead atoms. The maximum absolute atomic E-state index is 11.6. The van der Waals surface area contributed by atoms with E-state index in [1.54, 1.807) is 24.3 Å². The summed E-state index contributed by atoms with van der Waals surface area (Å²) in [5.41, 5.74) is 0.728. The zero-order valence-electron chi connectivity index (χ0n) is 16.4. The van der Waals surface area contributed by atoms with Crippen molar-refractivity contribution in [2.45, 2.75) is 17.7 Å². The summed E-state index contributed by atoms with van der Waals surface area (Å²) in [6.45, 7) is 1.91. The Morgan fingerprint density at radius 2 is 1.90 bits per heavy atom. The number of piperidine rings is 1. The van der Waals surface area contributed by atoms with Crippen LogP contribution in [-0.2, 0) is 9.84 Å². The Balaban J connectivity index is 1.61. The number of nitrogens with one attached hydrogen (secondary N) is 1. The Morgan fingerprint density at radius 1 is 1.24 bits per heavy atom. The molecule has 0 radical (unpaired) electrons. The fourth-order valence-electron chi connectivity index (χ4n) is 3.35. The van der Waals surface area contributed by atoms with Gasteiger partial charge in [-0.25, -0.2) is 23.2 Å². The molecule has 0 spiro atoms. The summed E-state index contributed by atoms with van der Waals surface area (Å²) in [6, 6.07) is 8.32. The summed E-state index contributed by atoms with van der Waals surface area (Å²) in [6.07, 6.45) is 3.46. The van der Waals surface area contributed by atoms with Gasteiger partial charge in [0, 0.05) is 44.7 Å². The Kier molecular flexibility index (Phi) is 6.21. The van der Waals surface area contributed by atoms with Crippen molar-refractivity contribution in [2.24, 2.45) is 5.92 Å². The van der Waals surface area contributed by atoms with Crippen LogP contribution < -0.4 is 10.2 Å². The fraction of sp³-hybridized carbons (Fsp3) is 0.421. The third-order valence-corrected chi connectivity index (χ3v) is 6.14. The van der Waals surface area contributed by atoms with Gasteiger partial charge < -0.3 is 20.2 Å². The first-order valence-corrected chi connectivity index (χ1v) is 11.2. The van der Waals surface area contributed by atoms with Gasteiger partial charge in [0.05, 0.1) is 4.90 Å². The molecule has 2 heterocycles. The molecule has 2 N–H and O–H groups in total. The van der Waals surface area contributed by atoms with Gasteiger partial charge >= 0.3 is 6.09 Å². The topological polar surface area (TPSA) is 116 Å². The van der Waals surface area contributed by atoms with E-state index in [0.717, 1.165) is 30.9 Å². The van der Waals surface area contributed by atoms with Gasteiger partial charge in [-0.2, -0.15) is 0 Å². The number of hydrogen-bond donors (Lipinski definition) is 2. The van der Waals surface area contributed by atoms with Crippen LogP contribution in [0.3, 0.4) is 0 Å². The van der Waals surface area contributed by atoms with Crippen LogP contribution in [-0.4, -0.2) is 67.4 Å². The van der Waals surface area contributed by atoms with Crippen LogP contribution in [0.15, 0.2) is 41.6 Å². The molecule has 10 heteroatoms. The van der Waals surface area contributed by atoms with Gasteiger partial charge in [0.1, 0.15) is 18.0 Å². The number of carboxylic acid groups (broad SMARTS) is 1. The highest BCUT2D eigenvalue weighted by Crippen LogP contribution is 2.23. The summed E-state index contributed by atoms with van der Waals surface area (Å²) in [7, 11) is -1.27. The van der Waals surface area contributed by atoms with Crippen molar-refractivity contribution in [1.29, 1.82) is 0 Å². The molecule has 156 valence electrons. The van der Waals surface area contributed by atoms with Crippen LogP contribution in [0.1, 0.15) is 12.8 Å². The minimum atomic E-state index is -3.23. The first-order valence-electron chi connectivity index (χ1n) is 9.30. The number of sulfone groups is 1. The molecule has 29 heavy (non-hydrogen) atoms. The summed E-state index contributed by atoms with van der Waals surface area (Å²) in [5, 5.41) is 12.2. The SMILES string of the molecule is CN(CC1CCN(C(=O)O)CC1)c1cc(Nc2ccc(S(C)(=O)=O)cc2)ncn1. The van der Waals surface area contributed by atoms with Gasteiger partial charge in [0.15, 0.2) is 9.84 Å². The summed E-state index contributed by atoms with van der Waals surface area (Å²) in [5.74, 6) is 1.77. The van der Waals surface area contributed by atoms with Crippen LogP contribution in [0.2, 0.25) is 0 Å². The quantitative estimate of drug-likeness (QED) is 0.734. The van der Waals surface area contributed by atoms with E-state index in [0.29, 0.717) is 24.8 Å². The van der Waals surface area contributed by atoms with E-state index >= 15 is 0 Å². The number of nitrogens with zero attached hydrogens (tertiary/aromatic N) is 4. The average Bonchev–Trinajstić information content (AvgIpc) is 2.68. The molecule has 0 unspecified atom stereocenters. The lowest BCUT2D eigenvalue weighted by Crippen LogP contribution is -2.40. The number of likely N-dealkylation sites (tertiary alicyclic amines) is 1. The molecular weight excluding hydrogens is 394 g/mol. The lowest BCUT2D eigenvalue weighted by molar-refractivity contribution is 0.125. The third kappa shape index (κ3) is 5.57. The van der Waals surface area contributed by atoms with Gasteiger partial charge in [-0.1, -0.05) is 0 Å². The molecule has 1 aliphatic rings. The second kappa shape index (κ2) is 8.64. The van der Waals surface area contributed by atoms with Gasteiger partial charge in [0.2, 0.25) is 0 Å². The molecule has 0 aliphatic carbocycles. The van der Waals surface area contributed by atoms with Crippen molar-refractivity contribution in [3.8, 4) is 0 Å². The normalized spacial score (nSPS) is 15.2. The average molecular weight is 420 g/mol. The Bertz CT molecular complexity index is 957. The molecule has 0 saturated carbocycles. The van der Waals surface area contributed by atoms with Crippen molar-refractivity contribution < 1.29 is 18.3 Å². The number of benzene rings is 1. The molecule has 9 nitrogen and oxygen atoms in total. The summed E-state index contributed by atoms with van der Waals surface area (Å²) < 4.78 is 23.1. The molecule has 1 saturated heterocycles. The highest BCUT2D eigenvalue weighted by molar-refractivity contribution is 7.90. The van der Waals surface area contributed by atoms with Crippen LogP contribution in [0.25, 0.3) is 0 Å². The van der Waals surface area contributed by atoms with Crippen molar-refractivity contribution in [3.05, 3.63) is 36.7 Å². The number of carbonyl (C=O) groups is 1. The number of amides is 1. The second-order valence-electron chi connectivity index (χ2n) is 7.28. The molecule has 1 aliphatic heterocycles. The fourth-order valence-corrected chi connectivity index (χ4v) is 3.98. The van der Waals surface area contributed by atoms with E-state index in [9.17, 15) is 13.2 Å². The van der Waals surface area contributed by atoms with E-state index < -0.39 is 15.9 Å². The van der Waals surface area contributed by atoms with Gasteiger partial charge in [-0.3, -0.25) is 0 Å². The van der Waals surface area contributed by atoms with Gasteiger partial charge in [-0.05, 0) is 43.0 Å². The largest absolute Gasteiger partial charge is 0.465 e. The predicted octanol–water partition coefficient (Wildman–Crippen LogP) is 2.45. The molecule has 1 aromatic heterocycles. The monoisotopic (exact) mass is 419 g/mol. The molecule has 1 fully saturated rings. The zero-order valence-corrected chi connectivity index (χ0v) is 17.3. The van der Waals surface area contributed by atoms with Crippen LogP contribution >= 0.6 is 0 Å². The Labute approximate surface area is 170 Å². The second-order valence-corrected chi connectivity index (χ2v) is 9.29. The molecule has 3 rings (SSSR count). The lowest BCUT2D eigenvalue weighted by atomic mass is 9.96. The van der Waals surface area contributed by atoms with Crippen LogP contribution in [0.5, 0.6) is 0 Å². The summed E-state index contributed by atoms with van der Waals surface area (Å²) in [4.78, 5) is 23.3. The molecule has 0 atom stereocenters. The number of aromatic nitrogens is 2. The van der Waals surface area contributed by atoms with E-state index in [-0.39, 0.29) is 4.90 Å². The standard InChI is InChI=1S/C19H25N5O4S/c1-23(12-14-7-9-24(10-8-14)19(25)26)18-11-17(20-13-21-18)22-15-3-5-16(6-4-15)29(2,27)28/h3-6,11,13-14H,7-10,12H2,1-2H3,(H,25,26)(H,20,21,22). The van der Waals surface area contributed by atoms with E-state index in [1.807, 2.05) is 18.0 Å².